The highest BCUT2D eigenvalue weighted by atomic mass is 16.5. The molecule has 0 spiro atoms. The van der Waals surface area contributed by atoms with Gasteiger partial charge in [0, 0.05) is 18.0 Å². The minimum Gasteiger partial charge on any atom is -0.497 e. The van der Waals surface area contributed by atoms with Gasteiger partial charge in [-0.2, -0.15) is 0 Å². The third-order valence-corrected chi connectivity index (χ3v) is 5.31. The van der Waals surface area contributed by atoms with E-state index in [1.165, 1.54) is 4.90 Å². The van der Waals surface area contributed by atoms with Crippen LogP contribution in [0.25, 0.3) is 32.9 Å². The molecule has 1 amide bonds. The molecule has 3 aromatic carbocycles. The summed E-state index contributed by atoms with van der Waals surface area (Å²) in [4.78, 5) is 31.3. The zero-order valence-electron chi connectivity index (χ0n) is 18.3. The molecule has 4 aromatic rings. The van der Waals surface area contributed by atoms with Gasteiger partial charge in [0.15, 0.2) is 0 Å². The Balaban J connectivity index is 1.77. The lowest BCUT2D eigenvalue weighted by atomic mass is 10.0. The average molecular weight is 428 g/mol. The first-order valence-electron chi connectivity index (χ1n) is 10.4. The van der Waals surface area contributed by atoms with Gasteiger partial charge in [0.05, 0.1) is 30.5 Å². The van der Waals surface area contributed by atoms with Gasteiger partial charge in [0.1, 0.15) is 12.3 Å². The highest BCUT2D eigenvalue weighted by Crippen LogP contribution is 2.29. The topological polar surface area (TPSA) is 68.7 Å². The van der Waals surface area contributed by atoms with Gasteiger partial charge in [-0.3, -0.25) is 9.59 Å². The number of rotatable bonds is 6. The van der Waals surface area contributed by atoms with Crippen LogP contribution in [0.1, 0.15) is 17.3 Å². The van der Waals surface area contributed by atoms with Crippen LogP contribution in [0.15, 0.2) is 66.7 Å². The fraction of sp³-hybridized carbons (Fsp3) is 0.192. The predicted octanol–water partition coefficient (Wildman–Crippen LogP) is 4.70. The number of ether oxygens (including phenoxy) is 2. The maximum atomic E-state index is 13.2. The van der Waals surface area contributed by atoms with Gasteiger partial charge in [0.25, 0.3) is 5.91 Å². The molecule has 0 aliphatic heterocycles. The lowest BCUT2D eigenvalue weighted by molar-refractivity contribution is -0.143. The lowest BCUT2D eigenvalue weighted by Crippen LogP contribution is -2.33. The fourth-order valence-corrected chi connectivity index (χ4v) is 3.69. The summed E-state index contributed by atoms with van der Waals surface area (Å²) in [6.07, 6.45) is 0. The van der Waals surface area contributed by atoms with E-state index >= 15 is 0 Å². The van der Waals surface area contributed by atoms with Gasteiger partial charge >= 0.3 is 5.97 Å². The van der Waals surface area contributed by atoms with Gasteiger partial charge in [0.2, 0.25) is 0 Å². The molecule has 1 heterocycles. The normalized spacial score (nSPS) is 10.8. The fourth-order valence-electron chi connectivity index (χ4n) is 3.69. The van der Waals surface area contributed by atoms with E-state index in [9.17, 15) is 9.59 Å². The number of benzene rings is 3. The van der Waals surface area contributed by atoms with Crippen LogP contribution in [-0.2, 0) is 9.53 Å². The Bertz CT molecular complexity index is 1320. The number of aromatic nitrogens is 1. The Morgan fingerprint density at radius 2 is 1.72 bits per heavy atom. The van der Waals surface area contributed by atoms with Gasteiger partial charge in [-0.15, -0.1) is 0 Å². The van der Waals surface area contributed by atoms with E-state index < -0.39 is 5.97 Å². The largest absolute Gasteiger partial charge is 0.497 e. The number of fused-ring (bicyclic) bond motifs is 2. The molecule has 0 bridgehead atoms. The molecule has 0 unspecified atom stereocenters. The monoisotopic (exact) mass is 428 g/mol. The molecule has 0 atom stereocenters. The van der Waals surface area contributed by atoms with Gasteiger partial charge in [-0.05, 0) is 48.0 Å². The van der Waals surface area contributed by atoms with Crippen molar-refractivity contribution in [3.8, 4) is 17.0 Å². The minimum atomic E-state index is -0.438. The van der Waals surface area contributed by atoms with Crippen molar-refractivity contribution in [3.05, 3.63) is 72.3 Å². The number of para-hydroxylation sites is 1. The number of esters is 1. The highest BCUT2D eigenvalue weighted by Gasteiger charge is 2.20. The first-order chi connectivity index (χ1) is 15.5. The van der Waals surface area contributed by atoms with E-state index in [4.69, 9.17) is 14.5 Å². The number of amides is 1. The standard InChI is InChI=1S/C26H24N2O4/c1-4-32-25(29)16-28(2)26(30)22-15-24(27-23-8-6-5-7-21(22)23)19-10-9-18-14-20(31-3)12-11-17(18)13-19/h5-15H,4,16H2,1-3H3. The molecule has 0 aliphatic carbocycles. The SMILES string of the molecule is CCOC(=O)CN(C)C(=O)c1cc(-c2ccc3cc(OC)ccc3c2)nc2ccccc12. The van der Waals surface area contributed by atoms with Crippen molar-refractivity contribution < 1.29 is 19.1 Å². The van der Waals surface area contributed by atoms with E-state index in [1.54, 1.807) is 27.1 Å². The van der Waals surface area contributed by atoms with Gasteiger partial charge < -0.3 is 14.4 Å². The van der Waals surface area contributed by atoms with Crippen LogP contribution in [0.2, 0.25) is 0 Å². The second kappa shape index (κ2) is 9.06. The number of methoxy groups -OCH3 is 1. The van der Waals surface area contributed by atoms with E-state index in [0.29, 0.717) is 16.8 Å². The molecule has 6 heteroatoms. The van der Waals surface area contributed by atoms with Crippen LogP contribution in [0.4, 0.5) is 0 Å². The molecule has 0 saturated carbocycles. The Morgan fingerprint density at radius 3 is 2.50 bits per heavy atom. The Morgan fingerprint density at radius 1 is 0.969 bits per heavy atom. The second-order valence-corrected chi connectivity index (χ2v) is 7.47. The van der Waals surface area contributed by atoms with Crippen LogP contribution in [0.3, 0.4) is 0 Å². The summed E-state index contributed by atoms with van der Waals surface area (Å²) in [5.41, 5.74) is 2.80. The molecule has 6 nitrogen and oxygen atoms in total. The zero-order valence-corrected chi connectivity index (χ0v) is 18.3. The molecule has 4 rings (SSSR count). The Hall–Kier alpha value is -3.93. The van der Waals surface area contributed by atoms with Crippen molar-refractivity contribution in [2.45, 2.75) is 6.92 Å². The summed E-state index contributed by atoms with van der Waals surface area (Å²) < 4.78 is 10.3. The summed E-state index contributed by atoms with van der Waals surface area (Å²) in [5, 5.41) is 2.84. The Kier molecular flexibility index (Phi) is 6.03. The maximum absolute atomic E-state index is 13.2. The summed E-state index contributed by atoms with van der Waals surface area (Å²) in [7, 11) is 3.24. The molecule has 0 radical (unpaired) electrons. The van der Waals surface area contributed by atoms with E-state index in [1.807, 2.05) is 60.7 Å². The third kappa shape index (κ3) is 4.25. The minimum absolute atomic E-state index is 0.115. The first kappa shape index (κ1) is 21.3. The quantitative estimate of drug-likeness (QED) is 0.417. The predicted molar refractivity (Wildman–Crippen MR) is 125 cm³/mol. The summed E-state index contributed by atoms with van der Waals surface area (Å²) in [6.45, 7) is 1.90. The molecule has 0 N–H and O–H groups in total. The summed E-state index contributed by atoms with van der Waals surface area (Å²) in [5.74, 6) is 0.0990. The van der Waals surface area contributed by atoms with E-state index in [-0.39, 0.29) is 19.1 Å². The van der Waals surface area contributed by atoms with Crippen molar-refractivity contribution in [3.63, 3.8) is 0 Å². The van der Waals surface area contributed by atoms with Crippen molar-refractivity contribution in [1.29, 1.82) is 0 Å². The van der Waals surface area contributed by atoms with Crippen LogP contribution < -0.4 is 4.74 Å². The second-order valence-electron chi connectivity index (χ2n) is 7.47. The average Bonchev–Trinajstić information content (AvgIpc) is 2.82. The molecule has 32 heavy (non-hydrogen) atoms. The number of carbonyl (C=O) groups is 2. The first-order valence-corrected chi connectivity index (χ1v) is 10.4. The van der Waals surface area contributed by atoms with Crippen LogP contribution in [-0.4, -0.2) is 49.1 Å². The van der Waals surface area contributed by atoms with Gasteiger partial charge in [-0.1, -0.05) is 36.4 Å². The van der Waals surface area contributed by atoms with Crippen LogP contribution in [0.5, 0.6) is 5.75 Å². The van der Waals surface area contributed by atoms with Crippen molar-refractivity contribution >= 4 is 33.6 Å². The molecule has 0 aliphatic rings. The molecular formula is C26H24N2O4. The number of likely N-dealkylation sites (N-methyl/N-ethyl adjacent to an activating group) is 1. The number of hydrogen-bond donors (Lipinski definition) is 0. The number of nitrogens with zero attached hydrogens (tertiary/aromatic N) is 2. The lowest BCUT2D eigenvalue weighted by Gasteiger charge is -2.18. The maximum Gasteiger partial charge on any atom is 0.325 e. The van der Waals surface area contributed by atoms with Crippen molar-refractivity contribution in [2.24, 2.45) is 0 Å². The summed E-state index contributed by atoms with van der Waals surface area (Å²) in [6, 6.07) is 21.2. The molecule has 0 fully saturated rings. The zero-order chi connectivity index (χ0) is 22.7. The van der Waals surface area contributed by atoms with Crippen molar-refractivity contribution in [1.82, 2.24) is 9.88 Å². The third-order valence-electron chi connectivity index (χ3n) is 5.31. The summed E-state index contributed by atoms with van der Waals surface area (Å²) >= 11 is 0. The number of hydrogen-bond acceptors (Lipinski definition) is 5. The molecule has 1 aromatic heterocycles. The number of carbonyl (C=O) groups excluding carboxylic acids is 2. The van der Waals surface area contributed by atoms with Crippen molar-refractivity contribution in [2.75, 3.05) is 27.3 Å². The van der Waals surface area contributed by atoms with E-state index in [0.717, 1.165) is 27.5 Å². The highest BCUT2D eigenvalue weighted by molar-refractivity contribution is 6.08. The molecule has 0 saturated heterocycles. The smallest absolute Gasteiger partial charge is 0.325 e. The Labute approximate surface area is 186 Å². The number of pyridine rings is 1. The van der Waals surface area contributed by atoms with Crippen LogP contribution >= 0.6 is 0 Å². The van der Waals surface area contributed by atoms with Crippen LogP contribution in [0, 0.1) is 0 Å². The van der Waals surface area contributed by atoms with Gasteiger partial charge in [-0.25, -0.2) is 4.98 Å². The molecular weight excluding hydrogens is 404 g/mol. The van der Waals surface area contributed by atoms with E-state index in [2.05, 4.69) is 0 Å². The molecule has 162 valence electrons.